The number of non-ortho nitro benzene ring substituents is 1. The van der Waals surface area contributed by atoms with Gasteiger partial charge in [-0.25, -0.2) is 0 Å². The molecule has 0 amide bonds. The molecule has 0 aliphatic rings. The minimum absolute atomic E-state index is 0.0157. The molecule has 0 spiro atoms. The highest BCUT2D eigenvalue weighted by atomic mass is 16.6. The predicted octanol–water partition coefficient (Wildman–Crippen LogP) is 4.57. The van der Waals surface area contributed by atoms with Crippen molar-refractivity contribution in [2.75, 3.05) is 0 Å². The van der Waals surface area contributed by atoms with E-state index >= 15 is 0 Å². The lowest BCUT2D eigenvalue weighted by Gasteiger charge is -2.03. The molecule has 8 nitrogen and oxygen atoms in total. The van der Waals surface area contributed by atoms with Gasteiger partial charge in [0.2, 0.25) is 0 Å². The number of hydrogen-bond donors (Lipinski definition) is 0. The second kappa shape index (κ2) is 6.07. The third-order valence-electron chi connectivity index (χ3n) is 2.53. The highest BCUT2D eigenvalue weighted by Crippen LogP contribution is 2.31. The molecule has 98 valence electrons. The highest BCUT2D eigenvalue weighted by Gasteiger charge is 2.08. The molecule has 0 saturated heterocycles. The molecule has 0 bridgehead atoms. The Morgan fingerprint density at radius 2 is 1.80 bits per heavy atom. The molecule has 0 aliphatic carbocycles. The number of nitro groups is 1. The quantitative estimate of drug-likeness (QED) is 0.265. The van der Waals surface area contributed by atoms with Crippen LogP contribution in [0.15, 0.2) is 64.1 Å². The Hall–Kier alpha value is -3.25. The van der Waals surface area contributed by atoms with E-state index in [4.69, 9.17) is 5.53 Å². The molecule has 0 heterocycles. The largest absolute Gasteiger partial charge is 0.269 e. The first-order valence-electron chi connectivity index (χ1n) is 5.51. The summed E-state index contributed by atoms with van der Waals surface area (Å²) in [5, 5.41) is 20.7. The number of azide groups is 1. The highest BCUT2D eigenvalue weighted by molar-refractivity contribution is 5.76. The smallest absolute Gasteiger partial charge is 0.258 e. The Bertz CT molecular complexity index is 704. The third kappa shape index (κ3) is 2.95. The van der Waals surface area contributed by atoms with Crippen LogP contribution in [0, 0.1) is 10.1 Å². The van der Waals surface area contributed by atoms with Gasteiger partial charge < -0.3 is 0 Å². The molecule has 0 atom stereocenters. The second-order valence-corrected chi connectivity index (χ2v) is 3.69. The molecule has 0 N–H and O–H groups in total. The Kier molecular flexibility index (Phi) is 4.01. The molecule has 0 saturated carbocycles. The van der Waals surface area contributed by atoms with E-state index in [2.05, 4.69) is 20.5 Å². The van der Waals surface area contributed by atoms with E-state index in [9.17, 15) is 10.1 Å². The number of nitro benzene ring substituents is 1. The van der Waals surface area contributed by atoms with Gasteiger partial charge in [-0.1, -0.05) is 18.2 Å². The lowest BCUT2D eigenvalue weighted by atomic mass is 10.0. The summed E-state index contributed by atoms with van der Waals surface area (Å²) in [6.45, 7) is 0. The molecule has 8 heteroatoms. The molecule has 0 radical (unpaired) electrons. The maximum absolute atomic E-state index is 10.6. The monoisotopic (exact) mass is 268 g/mol. The summed E-state index contributed by atoms with van der Waals surface area (Å²) in [6, 6.07) is 13.1. The average Bonchev–Trinajstić information content (AvgIpc) is 2.48. The molecule has 2 aromatic carbocycles. The molecule has 20 heavy (non-hydrogen) atoms. The van der Waals surface area contributed by atoms with Crippen LogP contribution in [-0.2, 0) is 0 Å². The van der Waals surface area contributed by atoms with Gasteiger partial charge in [-0.3, -0.25) is 10.1 Å². The summed E-state index contributed by atoms with van der Waals surface area (Å²) in [4.78, 5) is 12.6. The minimum Gasteiger partial charge on any atom is -0.258 e. The van der Waals surface area contributed by atoms with Crippen LogP contribution in [0.3, 0.4) is 0 Å². The van der Waals surface area contributed by atoms with Crippen LogP contribution < -0.4 is 0 Å². The van der Waals surface area contributed by atoms with Crippen LogP contribution in [0.1, 0.15) is 0 Å². The van der Waals surface area contributed by atoms with Crippen molar-refractivity contribution in [1.29, 1.82) is 0 Å². The van der Waals surface area contributed by atoms with Crippen molar-refractivity contribution in [3.8, 4) is 11.1 Å². The van der Waals surface area contributed by atoms with Crippen molar-refractivity contribution in [3.63, 3.8) is 0 Å². The zero-order valence-corrected chi connectivity index (χ0v) is 10.1. The summed E-state index contributed by atoms with van der Waals surface area (Å²) >= 11 is 0. The van der Waals surface area contributed by atoms with Crippen LogP contribution in [0.2, 0.25) is 0 Å². The minimum atomic E-state index is -0.461. The number of benzene rings is 2. The molecule has 0 unspecified atom stereocenters. The summed E-state index contributed by atoms with van der Waals surface area (Å²) in [7, 11) is 0. The fourth-order valence-electron chi connectivity index (χ4n) is 1.65. The Morgan fingerprint density at radius 3 is 2.45 bits per heavy atom. The van der Waals surface area contributed by atoms with Gasteiger partial charge in [-0.05, 0) is 28.9 Å². The van der Waals surface area contributed by atoms with Gasteiger partial charge in [-0.15, -0.1) is 5.53 Å². The van der Waals surface area contributed by atoms with E-state index in [1.54, 1.807) is 30.3 Å². The summed E-state index contributed by atoms with van der Waals surface area (Å²) in [6.07, 6.45) is 0. The van der Waals surface area contributed by atoms with Gasteiger partial charge in [0.1, 0.15) is 10.9 Å². The van der Waals surface area contributed by atoms with E-state index in [1.165, 1.54) is 12.1 Å². The van der Waals surface area contributed by atoms with Crippen LogP contribution in [-0.4, -0.2) is 4.92 Å². The topological polar surface area (TPSA) is 117 Å². The van der Waals surface area contributed by atoms with Gasteiger partial charge in [0.15, 0.2) is 0 Å². The van der Waals surface area contributed by atoms with Crippen molar-refractivity contribution in [2.45, 2.75) is 0 Å². The first kappa shape index (κ1) is 13.2. The number of hydrogen-bond acceptors (Lipinski definition) is 3. The Labute approximate surface area is 113 Å². The van der Waals surface area contributed by atoms with Crippen molar-refractivity contribution in [1.82, 2.24) is 0 Å². The first-order chi connectivity index (χ1) is 9.72. The van der Waals surface area contributed by atoms with Crippen LogP contribution >= 0.6 is 0 Å². The molecule has 0 aromatic heterocycles. The molecule has 2 aromatic rings. The van der Waals surface area contributed by atoms with E-state index in [1.807, 2.05) is 6.07 Å². The number of nitrogens with zero attached hydrogens (tertiary/aromatic N) is 6. The molecule has 2 rings (SSSR count). The zero-order chi connectivity index (χ0) is 14.4. The average molecular weight is 268 g/mol. The van der Waals surface area contributed by atoms with E-state index in [0.29, 0.717) is 5.69 Å². The molecule has 0 aliphatic heterocycles. The fraction of sp³-hybridized carbons (Fsp3) is 0. The van der Waals surface area contributed by atoms with E-state index in [0.717, 1.165) is 11.1 Å². The van der Waals surface area contributed by atoms with E-state index in [-0.39, 0.29) is 5.69 Å². The van der Waals surface area contributed by atoms with Gasteiger partial charge in [-0.2, -0.15) is 4.91 Å². The fourth-order valence-corrected chi connectivity index (χ4v) is 1.65. The van der Waals surface area contributed by atoms with Gasteiger partial charge >= 0.3 is 0 Å². The van der Waals surface area contributed by atoms with E-state index < -0.39 is 4.92 Å². The molecular weight excluding hydrogens is 260 g/mol. The lowest BCUT2D eigenvalue weighted by Crippen LogP contribution is -1.87. The standard InChI is InChI=1S/C12H8N6O2/c13-15-17-16-14-12-4-2-1-3-11(12)9-5-7-10(8-6-9)18(19)20/h1-8H. The SMILES string of the molecule is [N-]=[N+]=NN=Nc1ccccc1-c1ccc([N+](=O)[O-])cc1. The molecule has 0 fully saturated rings. The summed E-state index contributed by atoms with van der Waals surface area (Å²) < 4.78 is 0. The summed E-state index contributed by atoms with van der Waals surface area (Å²) in [5.41, 5.74) is 10.2. The van der Waals surface area contributed by atoms with Crippen molar-refractivity contribution in [2.24, 2.45) is 15.6 Å². The third-order valence-corrected chi connectivity index (χ3v) is 2.53. The maximum atomic E-state index is 10.6. The number of rotatable bonds is 4. The van der Waals surface area contributed by atoms with Crippen LogP contribution in [0.4, 0.5) is 11.4 Å². The van der Waals surface area contributed by atoms with Crippen molar-refractivity contribution in [3.05, 3.63) is 69.1 Å². The van der Waals surface area contributed by atoms with Crippen LogP contribution in [0.5, 0.6) is 0 Å². The normalized spacial score (nSPS) is 10.2. The van der Waals surface area contributed by atoms with Gasteiger partial charge in [0.25, 0.3) is 5.69 Å². The van der Waals surface area contributed by atoms with Crippen molar-refractivity contribution < 1.29 is 4.92 Å². The predicted molar refractivity (Wildman–Crippen MR) is 72.2 cm³/mol. The lowest BCUT2D eigenvalue weighted by molar-refractivity contribution is -0.384. The molecular formula is C12H8N6O2. The summed E-state index contributed by atoms with van der Waals surface area (Å²) in [5.74, 6) is 0. The Morgan fingerprint density at radius 1 is 1.10 bits per heavy atom. The van der Waals surface area contributed by atoms with Crippen LogP contribution in [0.25, 0.3) is 21.6 Å². The van der Waals surface area contributed by atoms with Gasteiger partial charge in [0, 0.05) is 17.7 Å². The zero-order valence-electron chi connectivity index (χ0n) is 10.1. The first-order valence-corrected chi connectivity index (χ1v) is 5.51. The van der Waals surface area contributed by atoms with Gasteiger partial charge in [0.05, 0.1) is 10.1 Å². The second-order valence-electron chi connectivity index (χ2n) is 3.69. The maximum Gasteiger partial charge on any atom is 0.269 e. The Balaban J connectivity index is 2.41. The van der Waals surface area contributed by atoms with Crippen molar-refractivity contribution >= 4 is 11.4 Å².